The molecule has 0 aliphatic rings. The maximum Gasteiger partial charge on any atom is 0.466 e. The normalized spacial score (nSPS) is 10.4. The summed E-state index contributed by atoms with van der Waals surface area (Å²) in [4.78, 5) is 52.7. The number of para-hydroxylation sites is 1. The number of nitrogens with zero attached hydrogens (tertiary/aromatic N) is 1. The van der Waals surface area contributed by atoms with Crippen LogP contribution in [0, 0.1) is 10.1 Å². The second-order valence-electron chi connectivity index (χ2n) is 2.62. The smallest absolute Gasteiger partial charge is 0.303 e. The van der Waals surface area contributed by atoms with Gasteiger partial charge in [0.05, 0.1) is 4.92 Å². The molecule has 0 aliphatic heterocycles. The van der Waals surface area contributed by atoms with E-state index < -0.39 is 20.6 Å². The third kappa shape index (κ3) is 31.6. The van der Waals surface area contributed by atoms with Gasteiger partial charge in [-0.15, -0.1) is 0 Å². The monoisotopic (exact) mass is 319 g/mol. The molecule has 1 aromatic rings. The maximum absolute atomic E-state index is 10.0. The van der Waals surface area contributed by atoms with Gasteiger partial charge in [0.25, 0.3) is 5.69 Å². The highest BCUT2D eigenvalue weighted by Gasteiger charge is 2.00. The Morgan fingerprint density at radius 3 is 1.26 bits per heavy atom. The summed E-state index contributed by atoms with van der Waals surface area (Å²) >= 11 is 0. The number of rotatable bonds is 1. The Kier molecular flexibility index (Phi) is 9.40. The van der Waals surface area contributed by atoms with Gasteiger partial charge in [-0.1, -0.05) is 18.2 Å². The van der Waals surface area contributed by atoms with E-state index in [9.17, 15) is 10.1 Å². The lowest BCUT2D eigenvalue weighted by atomic mass is 10.3. The zero-order chi connectivity index (χ0) is 15.7. The molecule has 1 aromatic carbocycles. The number of benzene rings is 1. The average Bonchev–Trinajstić information content (AvgIpc) is 2.13. The molecule has 0 spiro atoms. The zero-order valence-electron chi connectivity index (χ0n) is 9.04. The molecule has 0 heterocycles. The fourth-order valence-corrected chi connectivity index (χ4v) is 0.550. The molecule has 0 unspecified atom stereocenters. The lowest BCUT2D eigenvalue weighted by Crippen LogP contribution is -1.84. The second-order valence-corrected chi connectivity index (χ2v) is 4.67. The van der Waals surface area contributed by atoms with Crippen LogP contribution in [0.15, 0.2) is 30.3 Å². The Hall–Kier alpha value is -1.16. The van der Waals surface area contributed by atoms with Crippen molar-refractivity contribution in [3.63, 3.8) is 0 Å². The minimum Gasteiger partial charge on any atom is -0.303 e. The Balaban J connectivity index is 0. The fourth-order valence-electron chi connectivity index (χ4n) is 0.550. The average molecular weight is 319 g/mol. The first-order chi connectivity index (χ1) is 8.30. The molecule has 0 saturated carbocycles. The Labute approximate surface area is 106 Å². The van der Waals surface area contributed by atoms with Crippen molar-refractivity contribution in [2.24, 2.45) is 0 Å². The van der Waals surface area contributed by atoms with Crippen LogP contribution in [0.4, 0.5) is 5.69 Å². The summed E-state index contributed by atoms with van der Waals surface area (Å²) in [6.07, 6.45) is 0. The maximum atomic E-state index is 10.0. The van der Waals surface area contributed by atoms with Gasteiger partial charge in [0.2, 0.25) is 0 Å². The summed E-state index contributed by atoms with van der Waals surface area (Å²) in [7, 11) is -9.28. The summed E-state index contributed by atoms with van der Waals surface area (Å²) < 4.78 is 17.8. The molecule has 0 saturated heterocycles. The van der Waals surface area contributed by atoms with Crippen molar-refractivity contribution in [3.05, 3.63) is 40.4 Å². The number of nitro groups is 1. The van der Waals surface area contributed by atoms with Crippen molar-refractivity contribution in [2.75, 3.05) is 0 Å². The first-order valence-electron chi connectivity index (χ1n) is 4.06. The third-order valence-electron chi connectivity index (χ3n) is 0.967. The van der Waals surface area contributed by atoms with E-state index in [0.717, 1.165) is 0 Å². The number of hydrogen-bond donors (Lipinski definition) is 6. The number of phosphoric acid groups is 2. The van der Waals surface area contributed by atoms with Gasteiger partial charge >= 0.3 is 15.6 Å². The highest BCUT2D eigenvalue weighted by Crippen LogP contribution is 2.26. The molecule has 0 aliphatic carbocycles. The van der Waals surface area contributed by atoms with Gasteiger partial charge in [0, 0.05) is 12.1 Å². The summed E-state index contributed by atoms with van der Waals surface area (Å²) in [5, 5.41) is 10.0. The largest absolute Gasteiger partial charge is 0.466 e. The molecular formula is C6H11NO10P2. The molecule has 0 bridgehead atoms. The Morgan fingerprint density at radius 2 is 1.11 bits per heavy atom. The van der Waals surface area contributed by atoms with Crippen LogP contribution in [-0.4, -0.2) is 34.3 Å². The minimum atomic E-state index is -4.64. The summed E-state index contributed by atoms with van der Waals surface area (Å²) in [6, 6.07) is 7.93. The summed E-state index contributed by atoms with van der Waals surface area (Å²) in [5.41, 5.74) is 0.137. The van der Waals surface area contributed by atoms with Crippen molar-refractivity contribution >= 4 is 21.3 Å². The van der Waals surface area contributed by atoms with E-state index in [1.807, 2.05) is 0 Å². The van der Waals surface area contributed by atoms with Crippen molar-refractivity contribution in [2.45, 2.75) is 0 Å². The first-order valence-corrected chi connectivity index (χ1v) is 7.19. The first kappa shape index (κ1) is 20.2. The van der Waals surface area contributed by atoms with Crippen LogP contribution in [0.1, 0.15) is 0 Å². The molecule has 0 amide bonds. The van der Waals surface area contributed by atoms with Crippen molar-refractivity contribution < 1.29 is 43.4 Å². The second kappa shape index (κ2) is 8.86. The van der Waals surface area contributed by atoms with Crippen LogP contribution in [-0.2, 0) is 9.13 Å². The standard InChI is InChI=1S/C6H5NO2.2H3O4P/c8-7(9)6-4-2-1-3-5-6;2*1-5(2,3)4/h1-5H;2*(H3,1,2,3,4). The van der Waals surface area contributed by atoms with Crippen LogP contribution < -0.4 is 0 Å². The van der Waals surface area contributed by atoms with E-state index in [0.29, 0.717) is 0 Å². The van der Waals surface area contributed by atoms with Gasteiger partial charge in [0.1, 0.15) is 0 Å². The van der Waals surface area contributed by atoms with E-state index in [4.69, 9.17) is 38.5 Å². The fraction of sp³-hybridized carbons (Fsp3) is 0. The highest BCUT2D eigenvalue weighted by atomic mass is 31.2. The molecular weight excluding hydrogens is 308 g/mol. The quantitative estimate of drug-likeness (QED) is 0.227. The van der Waals surface area contributed by atoms with Crippen LogP contribution in [0.25, 0.3) is 0 Å². The Bertz CT molecular complexity index is 428. The van der Waals surface area contributed by atoms with E-state index in [1.54, 1.807) is 18.2 Å². The lowest BCUT2D eigenvalue weighted by Gasteiger charge is -1.85. The van der Waals surface area contributed by atoms with Crippen molar-refractivity contribution in [1.82, 2.24) is 0 Å². The number of hydrogen-bond acceptors (Lipinski definition) is 4. The molecule has 6 N–H and O–H groups in total. The van der Waals surface area contributed by atoms with Crippen molar-refractivity contribution in [1.29, 1.82) is 0 Å². The van der Waals surface area contributed by atoms with E-state index >= 15 is 0 Å². The SMILES string of the molecule is O=P(O)(O)O.O=P(O)(O)O.O=[N+]([O-])c1ccccc1. The zero-order valence-corrected chi connectivity index (χ0v) is 10.8. The van der Waals surface area contributed by atoms with Crippen LogP contribution in [0.5, 0.6) is 0 Å². The number of non-ortho nitro benzene ring substituents is 1. The van der Waals surface area contributed by atoms with Gasteiger partial charge in [-0.2, -0.15) is 0 Å². The predicted molar refractivity (Wildman–Crippen MR) is 61.6 cm³/mol. The molecule has 19 heavy (non-hydrogen) atoms. The van der Waals surface area contributed by atoms with Crippen LogP contribution >= 0.6 is 15.6 Å². The molecule has 11 nitrogen and oxygen atoms in total. The van der Waals surface area contributed by atoms with Crippen LogP contribution in [0.3, 0.4) is 0 Å². The topological polar surface area (TPSA) is 199 Å². The summed E-state index contributed by atoms with van der Waals surface area (Å²) in [6.45, 7) is 0. The van der Waals surface area contributed by atoms with E-state index in [1.165, 1.54) is 12.1 Å². The predicted octanol–water partition coefficient (Wildman–Crippen LogP) is -0.262. The van der Waals surface area contributed by atoms with Gasteiger partial charge < -0.3 is 29.4 Å². The van der Waals surface area contributed by atoms with Gasteiger partial charge in [-0.05, 0) is 0 Å². The van der Waals surface area contributed by atoms with Crippen LogP contribution in [0.2, 0.25) is 0 Å². The molecule has 13 heteroatoms. The van der Waals surface area contributed by atoms with E-state index in [2.05, 4.69) is 0 Å². The molecule has 0 fully saturated rings. The van der Waals surface area contributed by atoms with Crippen molar-refractivity contribution in [3.8, 4) is 0 Å². The molecule has 0 atom stereocenters. The Morgan fingerprint density at radius 1 is 0.842 bits per heavy atom. The summed E-state index contributed by atoms with van der Waals surface area (Å²) in [5.74, 6) is 0. The molecule has 1 rings (SSSR count). The molecule has 0 radical (unpaired) electrons. The lowest BCUT2D eigenvalue weighted by molar-refractivity contribution is -0.384. The number of nitro benzene ring substituents is 1. The van der Waals surface area contributed by atoms with Gasteiger partial charge in [-0.3, -0.25) is 10.1 Å². The van der Waals surface area contributed by atoms with Gasteiger partial charge in [0.15, 0.2) is 0 Å². The molecule has 0 aromatic heterocycles. The molecule has 110 valence electrons. The minimum absolute atomic E-state index is 0.137. The third-order valence-corrected chi connectivity index (χ3v) is 0.967. The highest BCUT2D eigenvalue weighted by molar-refractivity contribution is 7.45. The van der Waals surface area contributed by atoms with Gasteiger partial charge in [-0.25, -0.2) is 9.13 Å². The van der Waals surface area contributed by atoms with E-state index in [-0.39, 0.29) is 5.69 Å².